The number of anilines is 1. The molecule has 1 heterocycles. The lowest BCUT2D eigenvalue weighted by Crippen LogP contribution is -1.96. The Morgan fingerprint density at radius 2 is 1.94 bits per heavy atom. The highest BCUT2D eigenvalue weighted by atomic mass is 79.9. The monoisotopic (exact) mass is 312 g/mol. The van der Waals surface area contributed by atoms with Crippen LogP contribution in [-0.4, -0.2) is 4.92 Å². The molecule has 0 spiro atoms. The molecule has 1 N–H and O–H groups in total. The molecule has 0 aliphatic carbocycles. The average Bonchev–Trinajstić information content (AvgIpc) is 2.77. The van der Waals surface area contributed by atoms with Gasteiger partial charge in [0.2, 0.25) is 0 Å². The summed E-state index contributed by atoms with van der Waals surface area (Å²) in [6.45, 7) is 0.597. The number of hydrogen-bond acceptors (Lipinski definition) is 4. The van der Waals surface area contributed by atoms with Crippen LogP contribution in [0, 0.1) is 10.1 Å². The number of thiophene rings is 1. The van der Waals surface area contributed by atoms with Gasteiger partial charge in [-0.3, -0.25) is 10.1 Å². The van der Waals surface area contributed by atoms with E-state index in [1.54, 1.807) is 6.07 Å². The topological polar surface area (TPSA) is 55.2 Å². The van der Waals surface area contributed by atoms with E-state index in [0.717, 1.165) is 15.0 Å². The van der Waals surface area contributed by atoms with E-state index in [2.05, 4.69) is 21.2 Å². The summed E-state index contributed by atoms with van der Waals surface area (Å²) in [5.74, 6) is 0. The summed E-state index contributed by atoms with van der Waals surface area (Å²) in [5.41, 5.74) is 0.990. The molecule has 0 saturated carbocycles. The van der Waals surface area contributed by atoms with Crippen LogP contribution in [0.5, 0.6) is 0 Å². The SMILES string of the molecule is O=[N+]([O-])c1ccc(CNc2ccc(Br)cc2)s1. The van der Waals surface area contributed by atoms with E-state index < -0.39 is 0 Å². The van der Waals surface area contributed by atoms with Crippen LogP contribution in [0.3, 0.4) is 0 Å². The molecule has 2 aromatic rings. The van der Waals surface area contributed by atoms with Gasteiger partial charge in [-0.15, -0.1) is 0 Å². The first-order valence-corrected chi connectivity index (χ1v) is 6.48. The van der Waals surface area contributed by atoms with E-state index >= 15 is 0 Å². The summed E-state index contributed by atoms with van der Waals surface area (Å²) in [6.07, 6.45) is 0. The van der Waals surface area contributed by atoms with Crippen LogP contribution in [0.1, 0.15) is 4.88 Å². The zero-order valence-electron chi connectivity index (χ0n) is 8.72. The van der Waals surface area contributed by atoms with Gasteiger partial charge in [-0.2, -0.15) is 0 Å². The molecule has 1 aromatic heterocycles. The first kappa shape index (κ1) is 12.1. The molecule has 4 nitrogen and oxygen atoms in total. The lowest BCUT2D eigenvalue weighted by atomic mass is 10.3. The second-order valence-corrected chi connectivity index (χ2v) is 5.42. The van der Waals surface area contributed by atoms with E-state index in [-0.39, 0.29) is 9.92 Å². The summed E-state index contributed by atoms with van der Waals surface area (Å²) >= 11 is 4.55. The van der Waals surface area contributed by atoms with E-state index in [0.29, 0.717) is 6.54 Å². The standard InChI is InChI=1S/C11H9BrN2O2S/c12-8-1-3-9(4-2-8)13-7-10-5-6-11(17-10)14(15)16/h1-6,13H,7H2. The minimum absolute atomic E-state index is 0.178. The van der Waals surface area contributed by atoms with Crippen LogP contribution in [0.15, 0.2) is 40.9 Å². The van der Waals surface area contributed by atoms with Gasteiger partial charge in [-0.1, -0.05) is 27.3 Å². The third-order valence-electron chi connectivity index (χ3n) is 2.14. The summed E-state index contributed by atoms with van der Waals surface area (Å²) in [6, 6.07) is 11.1. The zero-order chi connectivity index (χ0) is 12.3. The molecule has 0 aliphatic heterocycles. The maximum absolute atomic E-state index is 10.5. The average molecular weight is 313 g/mol. The Balaban J connectivity index is 1.97. The van der Waals surface area contributed by atoms with Crippen LogP contribution < -0.4 is 5.32 Å². The van der Waals surface area contributed by atoms with E-state index in [1.807, 2.05) is 24.3 Å². The zero-order valence-corrected chi connectivity index (χ0v) is 11.1. The molecule has 0 radical (unpaired) electrons. The van der Waals surface area contributed by atoms with Crippen molar-refractivity contribution < 1.29 is 4.92 Å². The fourth-order valence-electron chi connectivity index (χ4n) is 1.32. The van der Waals surface area contributed by atoms with Crippen molar-refractivity contribution in [3.8, 4) is 0 Å². The number of nitrogens with zero attached hydrogens (tertiary/aromatic N) is 1. The Labute approximate surface area is 111 Å². The lowest BCUT2D eigenvalue weighted by Gasteiger charge is -2.03. The van der Waals surface area contributed by atoms with Gasteiger partial charge >= 0.3 is 5.00 Å². The summed E-state index contributed by atoms with van der Waals surface area (Å²) in [5, 5.41) is 13.9. The van der Waals surface area contributed by atoms with Gasteiger partial charge in [0.25, 0.3) is 0 Å². The van der Waals surface area contributed by atoms with Gasteiger partial charge in [-0.25, -0.2) is 0 Å². The Hall–Kier alpha value is -1.40. The molecule has 2 rings (SSSR count). The van der Waals surface area contributed by atoms with Gasteiger partial charge < -0.3 is 5.32 Å². The Morgan fingerprint density at radius 1 is 1.24 bits per heavy atom. The van der Waals surface area contributed by atoms with Crippen LogP contribution >= 0.6 is 27.3 Å². The molecular weight excluding hydrogens is 304 g/mol. The molecule has 88 valence electrons. The molecule has 0 aliphatic rings. The highest BCUT2D eigenvalue weighted by Gasteiger charge is 2.08. The Kier molecular flexibility index (Phi) is 3.75. The highest BCUT2D eigenvalue weighted by Crippen LogP contribution is 2.24. The first-order chi connectivity index (χ1) is 8.15. The highest BCUT2D eigenvalue weighted by molar-refractivity contribution is 9.10. The van der Waals surface area contributed by atoms with Gasteiger partial charge in [0.15, 0.2) is 0 Å². The van der Waals surface area contributed by atoms with E-state index in [4.69, 9.17) is 0 Å². The van der Waals surface area contributed by atoms with Crippen molar-refractivity contribution in [2.24, 2.45) is 0 Å². The molecular formula is C11H9BrN2O2S. The van der Waals surface area contributed by atoms with Crippen molar-refractivity contribution in [3.63, 3.8) is 0 Å². The maximum atomic E-state index is 10.5. The van der Waals surface area contributed by atoms with E-state index in [1.165, 1.54) is 17.4 Å². The third kappa shape index (κ3) is 3.28. The lowest BCUT2D eigenvalue weighted by molar-refractivity contribution is -0.380. The number of nitro groups is 1. The fourth-order valence-corrected chi connectivity index (χ4v) is 2.34. The van der Waals surface area contributed by atoms with Gasteiger partial charge in [0.05, 0.1) is 4.92 Å². The van der Waals surface area contributed by atoms with Crippen LogP contribution in [0.25, 0.3) is 0 Å². The van der Waals surface area contributed by atoms with Crippen LogP contribution in [0.2, 0.25) is 0 Å². The number of hydrogen-bond donors (Lipinski definition) is 1. The second kappa shape index (κ2) is 5.29. The van der Waals surface area contributed by atoms with Crippen LogP contribution in [-0.2, 0) is 6.54 Å². The summed E-state index contributed by atoms with van der Waals surface area (Å²) < 4.78 is 1.02. The van der Waals surface area contributed by atoms with Gasteiger partial charge in [0, 0.05) is 27.6 Å². The van der Waals surface area contributed by atoms with Crippen molar-refractivity contribution in [2.45, 2.75) is 6.54 Å². The Bertz CT molecular complexity index is 525. The maximum Gasteiger partial charge on any atom is 0.324 e. The normalized spacial score (nSPS) is 10.2. The van der Waals surface area contributed by atoms with Crippen molar-refractivity contribution in [2.75, 3.05) is 5.32 Å². The molecule has 0 unspecified atom stereocenters. The summed E-state index contributed by atoms with van der Waals surface area (Å²) in [4.78, 5) is 11.1. The van der Waals surface area contributed by atoms with Crippen LogP contribution in [0.4, 0.5) is 10.7 Å². The van der Waals surface area contributed by atoms with Crippen molar-refractivity contribution in [1.29, 1.82) is 0 Å². The number of halogens is 1. The molecule has 0 amide bonds. The minimum atomic E-state index is -0.367. The van der Waals surface area contributed by atoms with Crippen molar-refractivity contribution >= 4 is 38.0 Å². The Morgan fingerprint density at radius 3 is 2.53 bits per heavy atom. The predicted octanol–water partition coefficient (Wildman–Crippen LogP) is 4.03. The molecule has 0 saturated heterocycles. The molecule has 0 bridgehead atoms. The third-order valence-corrected chi connectivity index (χ3v) is 3.70. The first-order valence-electron chi connectivity index (χ1n) is 4.88. The molecule has 6 heteroatoms. The molecule has 1 aromatic carbocycles. The largest absolute Gasteiger partial charge is 0.380 e. The van der Waals surface area contributed by atoms with Gasteiger partial charge in [0.1, 0.15) is 0 Å². The van der Waals surface area contributed by atoms with E-state index in [9.17, 15) is 10.1 Å². The quantitative estimate of drug-likeness (QED) is 0.685. The smallest absolute Gasteiger partial charge is 0.324 e. The molecule has 0 atom stereocenters. The molecule has 0 fully saturated rings. The summed E-state index contributed by atoms with van der Waals surface area (Å²) in [7, 11) is 0. The van der Waals surface area contributed by atoms with Crippen molar-refractivity contribution in [3.05, 3.63) is 55.9 Å². The molecule has 17 heavy (non-hydrogen) atoms. The minimum Gasteiger partial charge on any atom is -0.380 e. The number of nitrogens with one attached hydrogen (secondary N) is 1. The number of rotatable bonds is 4. The second-order valence-electron chi connectivity index (χ2n) is 3.36. The van der Waals surface area contributed by atoms with Crippen molar-refractivity contribution in [1.82, 2.24) is 0 Å². The van der Waals surface area contributed by atoms with Gasteiger partial charge in [-0.05, 0) is 30.3 Å². The fraction of sp³-hybridized carbons (Fsp3) is 0.0909. The number of benzene rings is 1. The predicted molar refractivity (Wildman–Crippen MR) is 72.4 cm³/mol.